The van der Waals surface area contributed by atoms with Crippen molar-refractivity contribution in [3.8, 4) is 0 Å². The van der Waals surface area contributed by atoms with Crippen LogP contribution in [0.15, 0.2) is 5.16 Å². The molecule has 0 spiro atoms. The Hall–Kier alpha value is -0.910. The fourth-order valence-corrected chi connectivity index (χ4v) is 3.17. The molecule has 0 aromatic carbocycles. The molecule has 1 fully saturated rings. The lowest BCUT2D eigenvalue weighted by molar-refractivity contribution is -0.133. The Labute approximate surface area is 100 Å². The van der Waals surface area contributed by atoms with Crippen molar-refractivity contribution in [3.05, 3.63) is 0 Å². The number of hydrogen-bond donors (Lipinski definition) is 2. The number of nitrogens with zero attached hydrogens (tertiary/aromatic N) is 2. The summed E-state index contributed by atoms with van der Waals surface area (Å²) in [5.41, 5.74) is 5.44. The Morgan fingerprint density at radius 2 is 2.00 bits per heavy atom. The van der Waals surface area contributed by atoms with Crippen LogP contribution in [0.1, 0.15) is 20.8 Å². The van der Waals surface area contributed by atoms with E-state index in [1.54, 1.807) is 11.8 Å². The summed E-state index contributed by atoms with van der Waals surface area (Å²) >= 11 is 1.88. The smallest absolute Gasteiger partial charge is 0.233 e. The van der Waals surface area contributed by atoms with Gasteiger partial charge in [-0.25, -0.2) is 0 Å². The van der Waals surface area contributed by atoms with E-state index in [0.29, 0.717) is 10.5 Å². The number of carbonyl (C=O) groups excluding carboxylic acids is 1. The molecule has 1 rings (SSSR count). The first-order valence-corrected chi connectivity index (χ1v) is 6.31. The Morgan fingerprint density at radius 3 is 2.44 bits per heavy atom. The van der Waals surface area contributed by atoms with Crippen LogP contribution in [0.25, 0.3) is 0 Å². The summed E-state index contributed by atoms with van der Waals surface area (Å²) in [5.74, 6) is -0.634. The zero-order chi connectivity index (χ0) is 12.3. The van der Waals surface area contributed by atoms with Gasteiger partial charge in [0.05, 0.1) is 5.92 Å². The summed E-state index contributed by atoms with van der Waals surface area (Å²) in [4.78, 5) is 13.8. The highest BCUT2D eigenvalue weighted by Crippen LogP contribution is 2.25. The third-order valence-electron chi connectivity index (χ3n) is 2.66. The number of oxime groups is 1. The molecule has 3 unspecified atom stereocenters. The molecule has 6 heteroatoms. The summed E-state index contributed by atoms with van der Waals surface area (Å²) in [6, 6.07) is 0. The summed E-state index contributed by atoms with van der Waals surface area (Å²) < 4.78 is 0. The largest absolute Gasteiger partial charge is 0.409 e. The molecule has 1 amide bonds. The molecule has 5 nitrogen and oxygen atoms in total. The van der Waals surface area contributed by atoms with Gasteiger partial charge in [0.25, 0.3) is 0 Å². The van der Waals surface area contributed by atoms with Crippen molar-refractivity contribution >= 4 is 23.5 Å². The van der Waals surface area contributed by atoms with Gasteiger partial charge < -0.3 is 15.8 Å². The lowest BCUT2D eigenvalue weighted by Crippen LogP contribution is -2.48. The number of hydrogen-bond acceptors (Lipinski definition) is 4. The van der Waals surface area contributed by atoms with E-state index in [4.69, 9.17) is 10.9 Å². The molecule has 16 heavy (non-hydrogen) atoms. The Kier molecular flexibility index (Phi) is 4.46. The second kappa shape index (κ2) is 5.43. The molecular formula is C10H19N3O2S. The van der Waals surface area contributed by atoms with E-state index in [2.05, 4.69) is 19.0 Å². The average molecular weight is 245 g/mol. The highest BCUT2D eigenvalue weighted by molar-refractivity contribution is 8.00. The monoisotopic (exact) mass is 245 g/mol. The maximum absolute atomic E-state index is 12.0. The van der Waals surface area contributed by atoms with E-state index in [1.165, 1.54) is 0 Å². The van der Waals surface area contributed by atoms with Crippen molar-refractivity contribution in [2.45, 2.75) is 31.3 Å². The molecule has 92 valence electrons. The second-order valence-electron chi connectivity index (χ2n) is 4.25. The van der Waals surface area contributed by atoms with Gasteiger partial charge in [-0.2, -0.15) is 11.8 Å². The van der Waals surface area contributed by atoms with Crippen LogP contribution in [0.4, 0.5) is 0 Å². The van der Waals surface area contributed by atoms with E-state index in [-0.39, 0.29) is 11.7 Å². The van der Waals surface area contributed by atoms with Crippen molar-refractivity contribution in [1.82, 2.24) is 4.90 Å². The Balaban J connectivity index is 2.66. The zero-order valence-electron chi connectivity index (χ0n) is 9.88. The van der Waals surface area contributed by atoms with Crippen LogP contribution in [0.3, 0.4) is 0 Å². The van der Waals surface area contributed by atoms with E-state index in [0.717, 1.165) is 13.1 Å². The van der Waals surface area contributed by atoms with E-state index in [1.807, 2.05) is 11.8 Å². The fourth-order valence-electron chi connectivity index (χ4n) is 1.84. The highest BCUT2D eigenvalue weighted by Gasteiger charge is 2.30. The standard InChI is InChI=1S/C10H19N3O2S/c1-6-4-13(5-7(2)16-6)10(14)8(3)9(11)12-15/h6-8,15H,4-5H2,1-3H3,(H2,11,12). The summed E-state index contributed by atoms with van der Waals surface area (Å²) in [5, 5.41) is 12.3. The first-order chi connectivity index (χ1) is 7.45. The van der Waals surface area contributed by atoms with Crippen LogP contribution in [0.5, 0.6) is 0 Å². The minimum absolute atomic E-state index is 0.0245. The number of nitrogens with two attached hydrogens (primary N) is 1. The Morgan fingerprint density at radius 1 is 1.50 bits per heavy atom. The van der Waals surface area contributed by atoms with Gasteiger partial charge in [0, 0.05) is 23.6 Å². The van der Waals surface area contributed by atoms with E-state index < -0.39 is 5.92 Å². The Bertz CT molecular complexity index is 286. The molecular weight excluding hydrogens is 226 g/mol. The highest BCUT2D eigenvalue weighted by atomic mass is 32.2. The van der Waals surface area contributed by atoms with Crippen LogP contribution in [0, 0.1) is 5.92 Å². The molecule has 0 aromatic rings. The molecule has 0 bridgehead atoms. The van der Waals surface area contributed by atoms with Crippen LogP contribution in [-0.2, 0) is 4.79 Å². The first kappa shape index (κ1) is 13.2. The third-order valence-corrected chi connectivity index (χ3v) is 3.89. The maximum atomic E-state index is 12.0. The molecule has 1 aliphatic rings. The third kappa shape index (κ3) is 3.04. The molecule has 1 heterocycles. The van der Waals surface area contributed by atoms with Crippen molar-refractivity contribution in [3.63, 3.8) is 0 Å². The number of rotatable bonds is 2. The lowest BCUT2D eigenvalue weighted by Gasteiger charge is -2.35. The summed E-state index contributed by atoms with van der Waals surface area (Å²) in [6.45, 7) is 7.34. The van der Waals surface area contributed by atoms with E-state index in [9.17, 15) is 4.79 Å². The van der Waals surface area contributed by atoms with Crippen LogP contribution < -0.4 is 5.73 Å². The van der Waals surface area contributed by atoms with Gasteiger partial charge in [0.2, 0.25) is 5.91 Å². The normalized spacial score (nSPS) is 28.9. The minimum atomic E-state index is -0.549. The molecule has 0 radical (unpaired) electrons. The van der Waals surface area contributed by atoms with E-state index >= 15 is 0 Å². The van der Waals surface area contributed by atoms with Crippen molar-refractivity contribution in [1.29, 1.82) is 0 Å². The lowest BCUT2D eigenvalue weighted by atomic mass is 10.1. The molecule has 0 aromatic heterocycles. The number of amides is 1. The summed E-state index contributed by atoms with van der Waals surface area (Å²) in [7, 11) is 0. The van der Waals surface area contributed by atoms with Crippen molar-refractivity contribution in [2.75, 3.05) is 13.1 Å². The predicted molar refractivity (Wildman–Crippen MR) is 65.7 cm³/mol. The van der Waals surface area contributed by atoms with Crippen molar-refractivity contribution < 1.29 is 10.0 Å². The maximum Gasteiger partial charge on any atom is 0.233 e. The van der Waals surface area contributed by atoms with Gasteiger partial charge in [0.1, 0.15) is 0 Å². The van der Waals surface area contributed by atoms with Gasteiger partial charge in [-0.05, 0) is 6.92 Å². The van der Waals surface area contributed by atoms with Gasteiger partial charge in [-0.3, -0.25) is 4.79 Å². The molecule has 3 N–H and O–H groups in total. The van der Waals surface area contributed by atoms with Crippen molar-refractivity contribution in [2.24, 2.45) is 16.8 Å². The molecule has 0 saturated carbocycles. The van der Waals surface area contributed by atoms with Gasteiger partial charge in [-0.15, -0.1) is 0 Å². The van der Waals surface area contributed by atoms with Crippen LogP contribution in [-0.4, -0.2) is 45.4 Å². The quantitative estimate of drug-likeness (QED) is 0.325. The fraction of sp³-hybridized carbons (Fsp3) is 0.800. The SMILES string of the molecule is CC1CN(C(=O)C(C)C(N)=NO)CC(C)S1. The van der Waals surface area contributed by atoms with Gasteiger partial charge in [0.15, 0.2) is 5.84 Å². The molecule has 3 atom stereocenters. The summed E-state index contributed by atoms with van der Waals surface area (Å²) in [6.07, 6.45) is 0. The average Bonchev–Trinajstić information content (AvgIpc) is 2.24. The zero-order valence-corrected chi connectivity index (χ0v) is 10.7. The van der Waals surface area contributed by atoms with Gasteiger partial charge >= 0.3 is 0 Å². The van der Waals surface area contributed by atoms with Crippen LogP contribution >= 0.6 is 11.8 Å². The first-order valence-electron chi connectivity index (χ1n) is 5.37. The topological polar surface area (TPSA) is 78.9 Å². The second-order valence-corrected chi connectivity index (χ2v) is 6.13. The number of carbonyl (C=O) groups is 1. The van der Waals surface area contributed by atoms with Gasteiger partial charge in [-0.1, -0.05) is 19.0 Å². The molecule has 1 aliphatic heterocycles. The molecule has 0 aliphatic carbocycles. The minimum Gasteiger partial charge on any atom is -0.409 e. The molecule has 1 saturated heterocycles. The number of amidine groups is 1. The predicted octanol–water partition coefficient (Wildman–Crippen LogP) is 0.721. The number of thioether (sulfide) groups is 1. The van der Waals surface area contributed by atoms with Crippen LogP contribution in [0.2, 0.25) is 0 Å².